The summed E-state index contributed by atoms with van der Waals surface area (Å²) >= 11 is 0. The van der Waals surface area contributed by atoms with Crippen molar-refractivity contribution in [1.82, 2.24) is 9.97 Å². The summed E-state index contributed by atoms with van der Waals surface area (Å²) in [5, 5.41) is 3.26. The van der Waals surface area contributed by atoms with Crippen molar-refractivity contribution < 1.29 is 0 Å². The molecule has 0 bridgehead atoms. The maximum atomic E-state index is 5.45. The molecular formula is C9H14N4. The van der Waals surface area contributed by atoms with E-state index in [-0.39, 0.29) is 0 Å². The van der Waals surface area contributed by atoms with Crippen molar-refractivity contribution in [3.63, 3.8) is 0 Å². The van der Waals surface area contributed by atoms with Gasteiger partial charge in [-0.05, 0) is 24.3 Å². The average Bonchev–Trinajstić information content (AvgIpc) is 2.82. The van der Waals surface area contributed by atoms with Gasteiger partial charge >= 0.3 is 0 Å². The van der Waals surface area contributed by atoms with Gasteiger partial charge in [-0.1, -0.05) is 6.92 Å². The van der Waals surface area contributed by atoms with Crippen molar-refractivity contribution in [3.8, 4) is 0 Å². The third kappa shape index (κ3) is 2.08. The molecule has 3 N–H and O–H groups in total. The van der Waals surface area contributed by atoms with Crippen LogP contribution in [0.25, 0.3) is 0 Å². The zero-order chi connectivity index (χ0) is 9.31. The first-order chi connectivity index (χ1) is 6.18. The summed E-state index contributed by atoms with van der Waals surface area (Å²) in [6, 6.07) is 1.84. The van der Waals surface area contributed by atoms with Crippen LogP contribution >= 0.6 is 0 Å². The second-order valence-electron chi connectivity index (χ2n) is 3.96. The number of hydrogen-bond donors (Lipinski definition) is 2. The molecule has 1 aromatic rings. The van der Waals surface area contributed by atoms with Crippen LogP contribution in [0.1, 0.15) is 19.8 Å². The summed E-state index contributed by atoms with van der Waals surface area (Å²) in [7, 11) is 0. The van der Waals surface area contributed by atoms with Crippen molar-refractivity contribution in [3.05, 3.63) is 12.3 Å². The molecule has 0 spiro atoms. The van der Waals surface area contributed by atoms with Gasteiger partial charge in [0.25, 0.3) is 0 Å². The fourth-order valence-corrected chi connectivity index (χ4v) is 1.17. The number of nitrogens with two attached hydrogens (primary N) is 1. The quantitative estimate of drug-likeness (QED) is 0.731. The molecule has 1 aliphatic carbocycles. The Morgan fingerprint density at radius 3 is 3.00 bits per heavy atom. The lowest BCUT2D eigenvalue weighted by Gasteiger charge is -2.10. The van der Waals surface area contributed by atoms with Gasteiger partial charge in [-0.2, -0.15) is 4.98 Å². The molecule has 4 nitrogen and oxygen atoms in total. The first kappa shape index (κ1) is 8.29. The number of anilines is 2. The SMILES string of the molecule is CC1(CNc2ccnc(N)n2)CC1. The van der Waals surface area contributed by atoms with E-state index in [1.54, 1.807) is 6.20 Å². The predicted molar refractivity (Wildman–Crippen MR) is 52.3 cm³/mol. The predicted octanol–water partition coefficient (Wildman–Crippen LogP) is 1.27. The lowest BCUT2D eigenvalue weighted by atomic mass is 10.1. The first-order valence-corrected chi connectivity index (χ1v) is 4.50. The number of aromatic nitrogens is 2. The molecule has 0 radical (unpaired) electrons. The molecule has 0 atom stereocenters. The van der Waals surface area contributed by atoms with E-state index in [1.165, 1.54) is 12.8 Å². The Hall–Kier alpha value is -1.32. The van der Waals surface area contributed by atoms with E-state index < -0.39 is 0 Å². The van der Waals surface area contributed by atoms with Crippen molar-refractivity contribution in [1.29, 1.82) is 0 Å². The van der Waals surface area contributed by atoms with E-state index in [1.807, 2.05) is 6.07 Å². The molecule has 1 aromatic heterocycles. The minimum atomic E-state index is 0.325. The highest BCUT2D eigenvalue weighted by Gasteiger charge is 2.36. The Bertz CT molecular complexity index is 306. The van der Waals surface area contributed by atoms with E-state index in [9.17, 15) is 0 Å². The first-order valence-electron chi connectivity index (χ1n) is 4.50. The Kier molecular flexibility index (Phi) is 1.83. The highest BCUT2D eigenvalue weighted by atomic mass is 15.1. The van der Waals surface area contributed by atoms with Crippen LogP contribution in [0.2, 0.25) is 0 Å². The normalized spacial score (nSPS) is 18.2. The van der Waals surface area contributed by atoms with E-state index in [2.05, 4.69) is 22.2 Å². The van der Waals surface area contributed by atoms with Crippen molar-refractivity contribution in [2.24, 2.45) is 5.41 Å². The lowest BCUT2D eigenvalue weighted by Crippen LogP contribution is -2.13. The Morgan fingerprint density at radius 1 is 1.62 bits per heavy atom. The molecule has 0 unspecified atom stereocenters. The van der Waals surface area contributed by atoms with Gasteiger partial charge in [0.2, 0.25) is 5.95 Å². The molecule has 0 aliphatic heterocycles. The van der Waals surface area contributed by atoms with Gasteiger partial charge in [0.1, 0.15) is 5.82 Å². The number of nitrogens with zero attached hydrogens (tertiary/aromatic N) is 2. The number of rotatable bonds is 3. The second kappa shape index (κ2) is 2.87. The third-order valence-electron chi connectivity index (χ3n) is 2.47. The monoisotopic (exact) mass is 178 g/mol. The van der Waals surface area contributed by atoms with E-state index in [4.69, 9.17) is 5.73 Å². The van der Waals surface area contributed by atoms with Crippen LogP contribution in [0.5, 0.6) is 0 Å². The van der Waals surface area contributed by atoms with Gasteiger partial charge in [0.05, 0.1) is 0 Å². The van der Waals surface area contributed by atoms with Gasteiger partial charge in [-0.3, -0.25) is 0 Å². The molecule has 0 saturated heterocycles. The molecule has 4 heteroatoms. The van der Waals surface area contributed by atoms with Crippen LogP contribution in [0.4, 0.5) is 11.8 Å². The van der Waals surface area contributed by atoms with Crippen molar-refractivity contribution in [2.45, 2.75) is 19.8 Å². The van der Waals surface area contributed by atoms with Gasteiger partial charge in [0.15, 0.2) is 0 Å². The smallest absolute Gasteiger partial charge is 0.221 e. The fraction of sp³-hybridized carbons (Fsp3) is 0.556. The molecule has 1 fully saturated rings. The van der Waals surface area contributed by atoms with Crippen LogP contribution in [0.15, 0.2) is 12.3 Å². The molecular weight excluding hydrogens is 164 g/mol. The minimum absolute atomic E-state index is 0.325. The summed E-state index contributed by atoms with van der Waals surface area (Å²) in [6.07, 6.45) is 4.28. The lowest BCUT2D eigenvalue weighted by molar-refractivity contribution is 0.609. The zero-order valence-corrected chi connectivity index (χ0v) is 7.75. The summed E-state index contributed by atoms with van der Waals surface area (Å²) in [5.74, 6) is 1.14. The van der Waals surface area contributed by atoms with E-state index >= 15 is 0 Å². The number of hydrogen-bond acceptors (Lipinski definition) is 4. The van der Waals surface area contributed by atoms with Crippen molar-refractivity contribution in [2.75, 3.05) is 17.6 Å². The number of nitrogen functional groups attached to an aromatic ring is 1. The molecule has 13 heavy (non-hydrogen) atoms. The molecule has 1 heterocycles. The zero-order valence-electron chi connectivity index (χ0n) is 7.75. The summed E-state index contributed by atoms with van der Waals surface area (Å²) in [6.45, 7) is 3.24. The standard InChI is InChI=1S/C9H14N4/c1-9(3-4-9)6-12-7-2-5-11-8(10)13-7/h2,5H,3-4,6H2,1H3,(H3,10,11,12,13). The number of nitrogens with one attached hydrogen (secondary N) is 1. The van der Waals surface area contributed by atoms with Crippen LogP contribution in [0, 0.1) is 5.41 Å². The van der Waals surface area contributed by atoms with E-state index in [0.29, 0.717) is 11.4 Å². The highest BCUT2D eigenvalue weighted by Crippen LogP contribution is 2.44. The third-order valence-corrected chi connectivity index (χ3v) is 2.47. The van der Waals surface area contributed by atoms with Gasteiger partial charge in [-0.15, -0.1) is 0 Å². The molecule has 0 aromatic carbocycles. The minimum Gasteiger partial charge on any atom is -0.369 e. The molecule has 2 rings (SSSR count). The van der Waals surface area contributed by atoms with Crippen LogP contribution < -0.4 is 11.1 Å². The second-order valence-corrected chi connectivity index (χ2v) is 3.96. The maximum Gasteiger partial charge on any atom is 0.221 e. The Labute approximate surface area is 77.6 Å². The highest BCUT2D eigenvalue weighted by molar-refractivity contribution is 5.37. The van der Waals surface area contributed by atoms with E-state index in [0.717, 1.165) is 12.4 Å². The molecule has 70 valence electrons. The summed E-state index contributed by atoms with van der Waals surface area (Å²) in [5.41, 5.74) is 5.94. The van der Waals surface area contributed by atoms with Crippen LogP contribution in [-0.2, 0) is 0 Å². The molecule has 1 aliphatic rings. The molecule has 0 amide bonds. The average molecular weight is 178 g/mol. The van der Waals surface area contributed by atoms with Crippen LogP contribution in [-0.4, -0.2) is 16.5 Å². The topological polar surface area (TPSA) is 63.8 Å². The van der Waals surface area contributed by atoms with Gasteiger partial charge < -0.3 is 11.1 Å². The fourth-order valence-electron chi connectivity index (χ4n) is 1.17. The van der Waals surface area contributed by atoms with Gasteiger partial charge in [0, 0.05) is 12.7 Å². The van der Waals surface area contributed by atoms with Crippen LogP contribution in [0.3, 0.4) is 0 Å². The Balaban J connectivity index is 1.94. The largest absolute Gasteiger partial charge is 0.369 e. The molecule has 1 saturated carbocycles. The Morgan fingerprint density at radius 2 is 2.38 bits per heavy atom. The van der Waals surface area contributed by atoms with Gasteiger partial charge in [-0.25, -0.2) is 4.98 Å². The summed E-state index contributed by atoms with van der Waals surface area (Å²) < 4.78 is 0. The van der Waals surface area contributed by atoms with Crippen molar-refractivity contribution >= 4 is 11.8 Å². The maximum absolute atomic E-state index is 5.45. The summed E-state index contributed by atoms with van der Waals surface area (Å²) in [4.78, 5) is 7.89.